The Morgan fingerprint density at radius 2 is 2.06 bits per heavy atom. The second kappa shape index (κ2) is 9.51. The molecule has 1 aliphatic rings. The number of ketones is 1. The van der Waals surface area contributed by atoms with Crippen LogP contribution in [0.5, 0.6) is 0 Å². The van der Waals surface area contributed by atoms with Crippen molar-refractivity contribution >= 4 is 34.0 Å². The highest BCUT2D eigenvalue weighted by atomic mass is 16.3. The smallest absolute Gasteiger partial charge is 0.276 e. The van der Waals surface area contributed by atoms with Crippen LogP contribution in [0.15, 0.2) is 36.1 Å². The zero-order chi connectivity index (χ0) is 23.5. The molecular formula is C24H27N5O4. The number of aromatic amines is 2. The molecule has 3 aromatic rings. The third kappa shape index (κ3) is 4.94. The van der Waals surface area contributed by atoms with Crippen molar-refractivity contribution in [1.29, 1.82) is 0 Å². The van der Waals surface area contributed by atoms with Crippen LogP contribution in [0.2, 0.25) is 0 Å². The third-order valence-corrected chi connectivity index (χ3v) is 5.95. The minimum absolute atomic E-state index is 0.137. The number of aliphatic hydroxyl groups excluding tert-OH is 2. The topological polar surface area (TPSA) is 144 Å². The van der Waals surface area contributed by atoms with Crippen molar-refractivity contribution in [3.63, 3.8) is 0 Å². The van der Waals surface area contributed by atoms with Crippen LogP contribution < -0.4 is 5.32 Å². The molecular weight excluding hydrogens is 422 g/mol. The van der Waals surface area contributed by atoms with Gasteiger partial charge in [0.2, 0.25) is 0 Å². The first-order chi connectivity index (χ1) is 15.9. The summed E-state index contributed by atoms with van der Waals surface area (Å²) in [6.45, 7) is 3.16. The maximum atomic E-state index is 12.5. The van der Waals surface area contributed by atoms with Crippen LogP contribution in [-0.2, 0) is 4.79 Å². The predicted molar refractivity (Wildman–Crippen MR) is 125 cm³/mol. The second-order valence-corrected chi connectivity index (χ2v) is 8.30. The van der Waals surface area contributed by atoms with Crippen LogP contribution in [0.25, 0.3) is 16.6 Å². The van der Waals surface area contributed by atoms with E-state index in [4.69, 9.17) is 5.11 Å². The highest BCUT2D eigenvalue weighted by Gasteiger charge is 2.18. The molecule has 172 valence electrons. The summed E-state index contributed by atoms with van der Waals surface area (Å²) in [4.78, 5) is 32.2. The fourth-order valence-electron chi connectivity index (χ4n) is 3.86. The number of H-pyrrole nitrogens is 2. The van der Waals surface area contributed by atoms with Gasteiger partial charge in [-0.1, -0.05) is 17.7 Å². The number of rotatable bonds is 7. The van der Waals surface area contributed by atoms with Gasteiger partial charge in [0.1, 0.15) is 11.8 Å². The predicted octanol–water partition coefficient (Wildman–Crippen LogP) is 2.96. The zero-order valence-electron chi connectivity index (χ0n) is 18.6. The summed E-state index contributed by atoms with van der Waals surface area (Å²) in [5, 5.41) is 29.1. The first-order valence-corrected chi connectivity index (χ1v) is 10.9. The molecule has 4 rings (SSSR count). The van der Waals surface area contributed by atoms with Gasteiger partial charge in [-0.3, -0.25) is 14.7 Å². The molecule has 9 heteroatoms. The minimum atomic E-state index is -1.33. The number of Topliss-reactive ketones (excluding diaryl/α,β-unsaturated/α-hetero) is 1. The fourth-order valence-corrected chi connectivity index (χ4v) is 3.86. The lowest BCUT2D eigenvalue weighted by Gasteiger charge is -2.07. The van der Waals surface area contributed by atoms with E-state index in [-0.39, 0.29) is 18.1 Å². The Morgan fingerprint density at radius 3 is 2.79 bits per heavy atom. The maximum absolute atomic E-state index is 12.5. The molecule has 9 nitrogen and oxygen atoms in total. The number of hydrogen-bond acceptors (Lipinski definition) is 6. The number of amides is 1. The second-order valence-electron chi connectivity index (χ2n) is 8.30. The molecule has 0 bridgehead atoms. The van der Waals surface area contributed by atoms with E-state index in [1.54, 1.807) is 6.20 Å². The Balaban J connectivity index is 1.48. The van der Waals surface area contributed by atoms with E-state index in [2.05, 4.69) is 31.6 Å². The van der Waals surface area contributed by atoms with Crippen molar-refractivity contribution in [2.45, 2.75) is 45.6 Å². The highest BCUT2D eigenvalue weighted by molar-refractivity contribution is 6.04. The SMILES string of the molecule is Cc1[nH]nc(C(=O)Nc2cnc3[nH]c(C4=CCC(CC(=O)C(O)CO)=CCC4)cc3c2)c1C. The van der Waals surface area contributed by atoms with Gasteiger partial charge >= 0.3 is 0 Å². The van der Waals surface area contributed by atoms with Crippen molar-refractivity contribution < 1.29 is 19.8 Å². The van der Waals surface area contributed by atoms with Gasteiger partial charge in [0.05, 0.1) is 18.5 Å². The summed E-state index contributed by atoms with van der Waals surface area (Å²) >= 11 is 0. The number of aliphatic hydroxyl groups is 2. The summed E-state index contributed by atoms with van der Waals surface area (Å²) < 4.78 is 0. The molecule has 0 saturated carbocycles. The Labute approximate surface area is 190 Å². The number of nitrogens with one attached hydrogen (secondary N) is 3. The summed E-state index contributed by atoms with van der Waals surface area (Å²) in [5.41, 5.74) is 6.31. The first kappa shape index (κ1) is 22.6. The first-order valence-electron chi connectivity index (χ1n) is 10.9. The van der Waals surface area contributed by atoms with Gasteiger partial charge in [-0.15, -0.1) is 0 Å². The molecule has 0 aliphatic heterocycles. The minimum Gasteiger partial charge on any atom is -0.393 e. The number of anilines is 1. The largest absolute Gasteiger partial charge is 0.393 e. The number of aryl methyl sites for hydroxylation is 1. The normalized spacial score (nSPS) is 15.0. The van der Waals surface area contributed by atoms with Gasteiger partial charge in [0, 0.05) is 28.8 Å². The van der Waals surface area contributed by atoms with Gasteiger partial charge in [0.25, 0.3) is 5.91 Å². The Kier molecular flexibility index (Phi) is 6.52. The maximum Gasteiger partial charge on any atom is 0.276 e. The Hall–Kier alpha value is -3.56. The van der Waals surface area contributed by atoms with Crippen LogP contribution in [0.1, 0.15) is 53.1 Å². The van der Waals surface area contributed by atoms with Crippen LogP contribution in [0, 0.1) is 13.8 Å². The molecule has 1 aliphatic carbocycles. The summed E-state index contributed by atoms with van der Waals surface area (Å²) in [6.07, 6.45) is 6.70. The van der Waals surface area contributed by atoms with Crippen LogP contribution in [0.4, 0.5) is 5.69 Å². The number of nitrogens with zero attached hydrogens (tertiary/aromatic N) is 2. The van der Waals surface area contributed by atoms with Crippen LogP contribution in [-0.4, -0.2) is 54.8 Å². The average Bonchev–Trinajstić information content (AvgIpc) is 3.28. The van der Waals surface area contributed by atoms with Gasteiger partial charge < -0.3 is 20.5 Å². The Morgan fingerprint density at radius 1 is 1.24 bits per heavy atom. The molecule has 0 radical (unpaired) electrons. The van der Waals surface area contributed by atoms with E-state index in [1.807, 2.05) is 32.1 Å². The molecule has 3 heterocycles. The fraction of sp³-hybridized carbons (Fsp3) is 0.333. The molecule has 0 fully saturated rings. The molecule has 5 N–H and O–H groups in total. The monoisotopic (exact) mass is 449 g/mol. The number of allylic oxidation sites excluding steroid dienone is 4. The third-order valence-electron chi connectivity index (χ3n) is 5.95. The Bertz CT molecular complexity index is 1270. The van der Waals surface area contributed by atoms with Crippen molar-refractivity contribution in [2.24, 2.45) is 0 Å². The lowest BCUT2D eigenvalue weighted by Crippen LogP contribution is -2.24. The molecule has 1 atom stereocenters. The molecule has 0 aromatic carbocycles. The van der Waals surface area contributed by atoms with Gasteiger partial charge in [0.15, 0.2) is 11.5 Å². The van der Waals surface area contributed by atoms with E-state index in [9.17, 15) is 14.7 Å². The number of pyridine rings is 1. The summed E-state index contributed by atoms with van der Waals surface area (Å²) in [6, 6.07) is 3.87. The number of fused-ring (bicyclic) bond motifs is 1. The van der Waals surface area contributed by atoms with E-state index in [1.165, 1.54) is 0 Å². The van der Waals surface area contributed by atoms with E-state index in [0.717, 1.165) is 52.0 Å². The van der Waals surface area contributed by atoms with Crippen molar-refractivity contribution in [3.8, 4) is 0 Å². The lowest BCUT2D eigenvalue weighted by molar-refractivity contribution is -0.128. The average molecular weight is 450 g/mol. The van der Waals surface area contributed by atoms with E-state index < -0.39 is 12.7 Å². The van der Waals surface area contributed by atoms with Crippen molar-refractivity contribution in [1.82, 2.24) is 20.2 Å². The molecule has 0 spiro atoms. The molecule has 1 unspecified atom stereocenters. The molecule has 33 heavy (non-hydrogen) atoms. The zero-order valence-corrected chi connectivity index (χ0v) is 18.6. The quantitative estimate of drug-likeness (QED) is 0.351. The van der Waals surface area contributed by atoms with Crippen LogP contribution >= 0.6 is 0 Å². The highest BCUT2D eigenvalue weighted by Crippen LogP contribution is 2.29. The molecule has 1 amide bonds. The van der Waals surface area contributed by atoms with E-state index >= 15 is 0 Å². The molecule has 3 aromatic heterocycles. The number of carbonyl (C=O) groups excluding carboxylic acids is 2. The van der Waals surface area contributed by atoms with Crippen LogP contribution in [0.3, 0.4) is 0 Å². The van der Waals surface area contributed by atoms with Gasteiger partial charge in [-0.05, 0) is 50.8 Å². The summed E-state index contributed by atoms with van der Waals surface area (Å²) in [5.74, 6) is -0.662. The number of aromatic nitrogens is 4. The summed E-state index contributed by atoms with van der Waals surface area (Å²) in [7, 11) is 0. The van der Waals surface area contributed by atoms with E-state index in [0.29, 0.717) is 17.8 Å². The van der Waals surface area contributed by atoms with Crippen molar-refractivity contribution in [2.75, 3.05) is 11.9 Å². The number of carbonyl (C=O) groups is 2. The lowest BCUT2D eigenvalue weighted by atomic mass is 10.0. The standard InChI is InChI=1S/C24H27N5O4/c1-13-14(2)28-29-22(13)24(33)26-18-9-17-10-19(27-23(17)25-11-18)16-5-3-4-15(6-7-16)8-20(31)21(32)12-30/h4,7,9-11,21,30,32H,3,5-6,8,12H2,1-2H3,(H,25,27)(H,26,33)(H,28,29). The van der Waals surface area contributed by atoms with Gasteiger partial charge in [-0.25, -0.2) is 4.98 Å². The van der Waals surface area contributed by atoms with Gasteiger partial charge in [-0.2, -0.15) is 5.10 Å². The number of hydrogen-bond donors (Lipinski definition) is 5. The molecule has 0 saturated heterocycles. The van der Waals surface area contributed by atoms with Crippen molar-refractivity contribution in [3.05, 3.63) is 58.7 Å².